The summed E-state index contributed by atoms with van der Waals surface area (Å²) in [5.41, 5.74) is 2.20. The number of ether oxygens (including phenoxy) is 3. The molecule has 0 fully saturated rings. The van der Waals surface area contributed by atoms with E-state index in [4.69, 9.17) is 14.2 Å². The molecular weight excluding hydrogens is 412 g/mol. The highest BCUT2D eigenvalue weighted by Gasteiger charge is 2.15. The van der Waals surface area contributed by atoms with Gasteiger partial charge >= 0.3 is 5.97 Å². The maximum Gasteiger partial charge on any atom is 0.321 e. The van der Waals surface area contributed by atoms with Gasteiger partial charge in [0.2, 0.25) is 16.8 Å². The third kappa shape index (κ3) is 6.33. The average Bonchev–Trinajstić information content (AvgIpc) is 3.18. The number of amides is 1. The van der Waals surface area contributed by atoms with Crippen LogP contribution in [-0.2, 0) is 24.3 Å². The van der Waals surface area contributed by atoms with Crippen molar-refractivity contribution in [3.8, 4) is 11.5 Å². The second-order valence-corrected chi connectivity index (χ2v) is 8.01. The minimum absolute atomic E-state index is 0.112. The lowest BCUT2D eigenvalue weighted by atomic mass is 10.2. The third-order valence-electron chi connectivity index (χ3n) is 3.96. The van der Waals surface area contributed by atoms with E-state index >= 15 is 0 Å². The number of carbonyl (C=O) groups excluding carboxylic acids is 2. The molecule has 9 nitrogen and oxygen atoms in total. The van der Waals surface area contributed by atoms with Crippen molar-refractivity contribution in [1.82, 2.24) is 4.72 Å². The first-order valence-electron chi connectivity index (χ1n) is 8.90. The quantitative estimate of drug-likeness (QED) is 0.610. The van der Waals surface area contributed by atoms with Crippen molar-refractivity contribution in [2.75, 3.05) is 25.3 Å². The lowest BCUT2D eigenvalue weighted by Crippen LogP contribution is -2.31. The molecular formula is C20H20N2O7S. The van der Waals surface area contributed by atoms with Crippen LogP contribution >= 0.6 is 0 Å². The summed E-state index contributed by atoms with van der Waals surface area (Å²) in [5, 5.41) is 3.50. The van der Waals surface area contributed by atoms with E-state index in [2.05, 4.69) is 10.0 Å². The largest absolute Gasteiger partial charge is 0.455 e. The van der Waals surface area contributed by atoms with Gasteiger partial charge in [-0.3, -0.25) is 9.59 Å². The van der Waals surface area contributed by atoms with E-state index in [1.165, 1.54) is 6.08 Å². The van der Waals surface area contributed by atoms with Gasteiger partial charge in [-0.15, -0.1) is 0 Å². The molecule has 2 N–H and O–H groups in total. The van der Waals surface area contributed by atoms with Gasteiger partial charge in [-0.1, -0.05) is 29.8 Å². The highest BCUT2D eigenvalue weighted by Crippen LogP contribution is 2.34. The lowest BCUT2D eigenvalue weighted by Gasteiger charge is -2.07. The van der Waals surface area contributed by atoms with E-state index in [0.717, 1.165) is 11.0 Å². The molecule has 2 aromatic rings. The van der Waals surface area contributed by atoms with Crippen LogP contribution in [0.25, 0.3) is 6.08 Å². The summed E-state index contributed by atoms with van der Waals surface area (Å²) in [4.78, 5) is 23.6. The van der Waals surface area contributed by atoms with Crippen LogP contribution in [0, 0.1) is 6.92 Å². The van der Waals surface area contributed by atoms with Gasteiger partial charge in [-0.2, -0.15) is 0 Å². The number of nitrogens with one attached hydrogen (secondary N) is 2. The third-order valence-corrected chi connectivity index (χ3v) is 5.00. The van der Waals surface area contributed by atoms with E-state index in [1.54, 1.807) is 30.3 Å². The smallest absolute Gasteiger partial charge is 0.321 e. The van der Waals surface area contributed by atoms with Crippen molar-refractivity contribution < 1.29 is 32.2 Å². The zero-order chi connectivity index (χ0) is 21.6. The molecule has 0 saturated carbocycles. The van der Waals surface area contributed by atoms with Crippen LogP contribution < -0.4 is 19.5 Å². The monoisotopic (exact) mass is 432 g/mol. The molecule has 0 unspecified atom stereocenters. The van der Waals surface area contributed by atoms with Gasteiger partial charge in [0.1, 0.15) is 6.54 Å². The summed E-state index contributed by atoms with van der Waals surface area (Å²) < 4.78 is 41.1. The SMILES string of the molecule is Cc1ccc(C=CS(=O)(=O)NCC(=O)OCC(=O)Nc2ccc3c(c2)OCO3)cc1. The van der Waals surface area contributed by atoms with E-state index in [9.17, 15) is 18.0 Å². The summed E-state index contributed by atoms with van der Waals surface area (Å²) in [6, 6.07) is 12.1. The summed E-state index contributed by atoms with van der Waals surface area (Å²) >= 11 is 0. The number of hydrogen-bond donors (Lipinski definition) is 2. The Bertz CT molecular complexity index is 1060. The fraction of sp³-hybridized carbons (Fsp3) is 0.200. The molecule has 30 heavy (non-hydrogen) atoms. The fourth-order valence-corrected chi connectivity index (χ4v) is 3.17. The molecule has 0 spiro atoms. The summed E-state index contributed by atoms with van der Waals surface area (Å²) in [5.74, 6) is -0.395. The number of hydrogen-bond acceptors (Lipinski definition) is 7. The first kappa shape index (κ1) is 21.3. The fourth-order valence-electron chi connectivity index (χ4n) is 2.42. The van der Waals surface area contributed by atoms with Crippen LogP contribution in [0.3, 0.4) is 0 Å². The predicted octanol–water partition coefficient (Wildman–Crippen LogP) is 1.80. The molecule has 0 aliphatic carbocycles. The van der Waals surface area contributed by atoms with Crippen molar-refractivity contribution in [2.24, 2.45) is 0 Å². The summed E-state index contributed by atoms with van der Waals surface area (Å²) in [7, 11) is -3.84. The zero-order valence-electron chi connectivity index (χ0n) is 16.1. The number of fused-ring (bicyclic) bond motifs is 1. The molecule has 0 radical (unpaired) electrons. The highest BCUT2D eigenvalue weighted by atomic mass is 32.2. The molecule has 1 amide bonds. The van der Waals surface area contributed by atoms with Crippen LogP contribution in [0.5, 0.6) is 11.5 Å². The van der Waals surface area contributed by atoms with E-state index in [0.29, 0.717) is 22.7 Å². The molecule has 1 aliphatic rings. The number of anilines is 1. The Labute approximate surface area is 173 Å². The van der Waals surface area contributed by atoms with Gasteiger partial charge in [-0.25, -0.2) is 13.1 Å². The molecule has 0 saturated heterocycles. The zero-order valence-corrected chi connectivity index (χ0v) is 16.9. The van der Waals surface area contributed by atoms with Crippen LogP contribution in [0.2, 0.25) is 0 Å². The molecule has 0 bridgehead atoms. The molecule has 1 heterocycles. The van der Waals surface area contributed by atoms with Crippen molar-refractivity contribution in [3.05, 3.63) is 59.0 Å². The van der Waals surface area contributed by atoms with Crippen molar-refractivity contribution >= 4 is 33.7 Å². The number of aryl methyl sites for hydroxylation is 1. The van der Waals surface area contributed by atoms with Gasteiger partial charge in [0.05, 0.1) is 0 Å². The second kappa shape index (κ2) is 9.42. The second-order valence-electron chi connectivity index (χ2n) is 6.36. The van der Waals surface area contributed by atoms with E-state index < -0.39 is 35.1 Å². The molecule has 10 heteroatoms. The maximum absolute atomic E-state index is 11.9. The molecule has 3 rings (SSSR count). The Hall–Kier alpha value is -3.37. The molecule has 0 atom stereocenters. The Morgan fingerprint density at radius 1 is 1.10 bits per heavy atom. The predicted molar refractivity (Wildman–Crippen MR) is 109 cm³/mol. The summed E-state index contributed by atoms with van der Waals surface area (Å²) in [6.07, 6.45) is 1.41. The maximum atomic E-state index is 11.9. The van der Waals surface area contributed by atoms with Gasteiger partial charge in [0.25, 0.3) is 5.91 Å². The first-order chi connectivity index (χ1) is 14.3. The van der Waals surface area contributed by atoms with E-state index in [1.807, 2.05) is 19.1 Å². The highest BCUT2D eigenvalue weighted by molar-refractivity contribution is 7.92. The number of carbonyl (C=O) groups is 2. The Morgan fingerprint density at radius 2 is 1.83 bits per heavy atom. The molecule has 0 aromatic heterocycles. The van der Waals surface area contributed by atoms with Crippen molar-refractivity contribution in [2.45, 2.75) is 6.92 Å². The first-order valence-corrected chi connectivity index (χ1v) is 10.4. The standard InChI is InChI=1S/C20H20N2O7S/c1-14-2-4-15(5-3-14)8-9-30(25,26)21-11-20(24)27-12-19(23)22-16-6-7-17-18(10-16)29-13-28-17/h2-10,21H,11-13H2,1H3,(H,22,23). The van der Waals surface area contributed by atoms with Gasteiger partial charge < -0.3 is 19.5 Å². The van der Waals surface area contributed by atoms with Crippen LogP contribution in [0.4, 0.5) is 5.69 Å². The molecule has 158 valence electrons. The molecule has 2 aromatic carbocycles. The van der Waals surface area contributed by atoms with Crippen LogP contribution in [0.15, 0.2) is 47.9 Å². The van der Waals surface area contributed by atoms with Crippen LogP contribution in [-0.4, -0.2) is 40.2 Å². The van der Waals surface area contributed by atoms with Crippen molar-refractivity contribution in [3.63, 3.8) is 0 Å². The number of rotatable bonds is 8. The number of sulfonamides is 1. The minimum atomic E-state index is -3.84. The van der Waals surface area contributed by atoms with Gasteiger partial charge in [-0.05, 0) is 30.7 Å². The topological polar surface area (TPSA) is 120 Å². The number of esters is 1. The lowest BCUT2D eigenvalue weighted by molar-refractivity contribution is -0.146. The summed E-state index contributed by atoms with van der Waals surface area (Å²) in [6.45, 7) is 0.874. The Balaban J connectivity index is 1.41. The van der Waals surface area contributed by atoms with Gasteiger partial charge in [0.15, 0.2) is 18.1 Å². The van der Waals surface area contributed by atoms with Crippen molar-refractivity contribution in [1.29, 1.82) is 0 Å². The molecule has 1 aliphatic heterocycles. The van der Waals surface area contributed by atoms with E-state index in [-0.39, 0.29) is 6.79 Å². The van der Waals surface area contributed by atoms with Gasteiger partial charge in [0, 0.05) is 17.2 Å². The minimum Gasteiger partial charge on any atom is -0.455 e. The normalized spacial score (nSPS) is 12.7. The van der Waals surface area contributed by atoms with Crippen LogP contribution in [0.1, 0.15) is 11.1 Å². The Kier molecular flexibility index (Phi) is 6.70. The average molecular weight is 432 g/mol. The Morgan fingerprint density at radius 3 is 2.60 bits per heavy atom. The number of benzene rings is 2.